The molecule has 0 unspecified atom stereocenters. The highest BCUT2D eigenvalue weighted by Crippen LogP contribution is 2.33. The summed E-state index contributed by atoms with van der Waals surface area (Å²) < 4.78 is 1.85. The number of aromatic nitrogens is 2. The Morgan fingerprint density at radius 2 is 1.78 bits per heavy atom. The van der Waals surface area contributed by atoms with E-state index in [1.165, 1.54) is 32.1 Å². The fourth-order valence-electron chi connectivity index (χ4n) is 2.79. The summed E-state index contributed by atoms with van der Waals surface area (Å²) in [5.74, 6) is 1.34. The van der Waals surface area contributed by atoms with E-state index in [1.807, 2.05) is 41.1 Å². The van der Waals surface area contributed by atoms with Crippen LogP contribution in [0.2, 0.25) is 0 Å². The van der Waals surface area contributed by atoms with Crippen LogP contribution in [0, 0.1) is 0 Å². The van der Waals surface area contributed by atoms with E-state index in [0.717, 1.165) is 17.2 Å². The van der Waals surface area contributed by atoms with Crippen molar-refractivity contribution in [3.05, 3.63) is 42.1 Å². The second-order valence-corrected chi connectivity index (χ2v) is 5.08. The third-order valence-electron chi connectivity index (χ3n) is 3.78. The summed E-state index contributed by atoms with van der Waals surface area (Å²) in [6.07, 6.45) is 6.52. The van der Waals surface area contributed by atoms with Gasteiger partial charge >= 0.3 is 0 Å². The van der Waals surface area contributed by atoms with Crippen LogP contribution in [0.3, 0.4) is 0 Å². The van der Waals surface area contributed by atoms with E-state index in [2.05, 4.69) is 0 Å². The van der Waals surface area contributed by atoms with Crippen molar-refractivity contribution in [2.24, 2.45) is 0 Å². The lowest BCUT2D eigenvalue weighted by atomic mass is 9.87. The van der Waals surface area contributed by atoms with Gasteiger partial charge in [-0.3, -0.25) is 0 Å². The number of para-hydroxylation sites is 1. The monoisotopic (exact) mass is 241 g/mol. The summed E-state index contributed by atoms with van der Waals surface area (Å²) in [5.41, 5.74) is 8.28. The molecule has 0 aliphatic heterocycles. The standard InChI is InChI=1S/C15H19N3/c16-15-11-14(12-7-3-1-4-8-12)17-18(15)13-9-5-2-6-10-13/h2,5-6,9-12H,1,3-4,7-8,16H2. The third kappa shape index (κ3) is 2.13. The maximum atomic E-state index is 6.08. The smallest absolute Gasteiger partial charge is 0.127 e. The Labute approximate surface area is 108 Å². The molecule has 1 aliphatic rings. The van der Waals surface area contributed by atoms with Crippen molar-refractivity contribution >= 4 is 5.82 Å². The van der Waals surface area contributed by atoms with Gasteiger partial charge in [0, 0.05) is 12.0 Å². The zero-order chi connectivity index (χ0) is 12.4. The first-order valence-corrected chi connectivity index (χ1v) is 6.75. The van der Waals surface area contributed by atoms with E-state index < -0.39 is 0 Å². The molecule has 0 saturated heterocycles. The van der Waals surface area contributed by atoms with Crippen molar-refractivity contribution in [1.29, 1.82) is 0 Å². The highest BCUT2D eigenvalue weighted by atomic mass is 15.3. The van der Waals surface area contributed by atoms with Crippen LogP contribution in [-0.2, 0) is 0 Å². The second-order valence-electron chi connectivity index (χ2n) is 5.08. The first-order chi connectivity index (χ1) is 8.84. The normalized spacial score (nSPS) is 16.9. The van der Waals surface area contributed by atoms with Gasteiger partial charge in [0.2, 0.25) is 0 Å². The molecule has 0 spiro atoms. The molecule has 1 saturated carbocycles. The van der Waals surface area contributed by atoms with Gasteiger partial charge < -0.3 is 5.73 Å². The second kappa shape index (κ2) is 4.84. The first kappa shape index (κ1) is 11.3. The van der Waals surface area contributed by atoms with Gasteiger partial charge in [0.05, 0.1) is 11.4 Å². The molecule has 18 heavy (non-hydrogen) atoms. The van der Waals surface area contributed by atoms with Gasteiger partial charge in [-0.1, -0.05) is 37.5 Å². The molecule has 0 amide bonds. The Bertz CT molecular complexity index is 510. The van der Waals surface area contributed by atoms with Gasteiger partial charge in [0.1, 0.15) is 5.82 Å². The number of nitrogens with two attached hydrogens (primary N) is 1. The number of benzene rings is 1. The molecule has 0 bridgehead atoms. The average Bonchev–Trinajstić information content (AvgIpc) is 2.83. The van der Waals surface area contributed by atoms with Crippen LogP contribution in [0.15, 0.2) is 36.4 Å². The average molecular weight is 241 g/mol. The summed E-state index contributed by atoms with van der Waals surface area (Å²) in [6, 6.07) is 12.1. The van der Waals surface area contributed by atoms with Crippen LogP contribution in [0.1, 0.15) is 43.7 Å². The highest BCUT2D eigenvalue weighted by molar-refractivity contribution is 5.43. The molecular weight excluding hydrogens is 222 g/mol. The Hall–Kier alpha value is -1.77. The summed E-state index contributed by atoms with van der Waals surface area (Å²) in [4.78, 5) is 0. The van der Waals surface area contributed by atoms with Crippen LogP contribution in [0.5, 0.6) is 0 Å². The minimum Gasteiger partial charge on any atom is -0.384 e. The summed E-state index contributed by atoms with van der Waals surface area (Å²) in [5, 5.41) is 4.70. The molecule has 1 fully saturated rings. The third-order valence-corrected chi connectivity index (χ3v) is 3.78. The van der Waals surface area contributed by atoms with Crippen LogP contribution in [-0.4, -0.2) is 9.78 Å². The van der Waals surface area contributed by atoms with Gasteiger partial charge in [0.25, 0.3) is 0 Å². The number of rotatable bonds is 2. The maximum absolute atomic E-state index is 6.08. The van der Waals surface area contributed by atoms with Gasteiger partial charge in [-0.2, -0.15) is 5.10 Å². The van der Waals surface area contributed by atoms with E-state index in [9.17, 15) is 0 Å². The van der Waals surface area contributed by atoms with E-state index in [-0.39, 0.29) is 0 Å². The van der Waals surface area contributed by atoms with Gasteiger partial charge in [-0.05, 0) is 25.0 Å². The van der Waals surface area contributed by atoms with Crippen LogP contribution >= 0.6 is 0 Å². The van der Waals surface area contributed by atoms with Crippen molar-refractivity contribution in [2.75, 3.05) is 5.73 Å². The molecule has 1 aromatic heterocycles. The first-order valence-electron chi connectivity index (χ1n) is 6.75. The maximum Gasteiger partial charge on any atom is 0.127 e. The topological polar surface area (TPSA) is 43.8 Å². The van der Waals surface area contributed by atoms with E-state index >= 15 is 0 Å². The lowest BCUT2D eigenvalue weighted by molar-refractivity contribution is 0.435. The Morgan fingerprint density at radius 1 is 1.06 bits per heavy atom. The van der Waals surface area contributed by atoms with E-state index in [4.69, 9.17) is 10.8 Å². The predicted octanol–water partition coefficient (Wildman–Crippen LogP) is 3.50. The lowest BCUT2D eigenvalue weighted by Crippen LogP contribution is -2.06. The molecule has 3 heteroatoms. The zero-order valence-electron chi connectivity index (χ0n) is 10.5. The van der Waals surface area contributed by atoms with E-state index in [0.29, 0.717) is 5.92 Å². The Morgan fingerprint density at radius 3 is 2.50 bits per heavy atom. The fraction of sp³-hybridized carbons (Fsp3) is 0.400. The van der Waals surface area contributed by atoms with Crippen LogP contribution < -0.4 is 5.73 Å². The number of nitrogen functional groups attached to an aromatic ring is 1. The molecule has 0 radical (unpaired) electrons. The number of nitrogens with zero attached hydrogens (tertiary/aromatic N) is 2. The fourth-order valence-corrected chi connectivity index (χ4v) is 2.79. The quantitative estimate of drug-likeness (QED) is 0.874. The van der Waals surface area contributed by atoms with Crippen molar-refractivity contribution in [1.82, 2.24) is 9.78 Å². The lowest BCUT2D eigenvalue weighted by Gasteiger charge is -2.19. The van der Waals surface area contributed by atoms with Gasteiger partial charge in [-0.25, -0.2) is 4.68 Å². The minimum absolute atomic E-state index is 0.603. The molecule has 1 aliphatic carbocycles. The summed E-state index contributed by atoms with van der Waals surface area (Å²) >= 11 is 0. The van der Waals surface area contributed by atoms with Crippen molar-refractivity contribution in [2.45, 2.75) is 38.0 Å². The molecule has 0 atom stereocenters. The molecule has 3 rings (SSSR count). The van der Waals surface area contributed by atoms with Crippen molar-refractivity contribution in [3.63, 3.8) is 0 Å². The van der Waals surface area contributed by atoms with E-state index in [1.54, 1.807) is 0 Å². The molecule has 2 N–H and O–H groups in total. The van der Waals surface area contributed by atoms with Gasteiger partial charge in [0.15, 0.2) is 0 Å². The molecule has 1 aromatic carbocycles. The molecular formula is C15H19N3. The van der Waals surface area contributed by atoms with Crippen LogP contribution in [0.25, 0.3) is 5.69 Å². The molecule has 3 nitrogen and oxygen atoms in total. The summed E-state index contributed by atoms with van der Waals surface area (Å²) in [7, 11) is 0. The minimum atomic E-state index is 0.603. The van der Waals surface area contributed by atoms with Crippen molar-refractivity contribution < 1.29 is 0 Å². The highest BCUT2D eigenvalue weighted by Gasteiger charge is 2.19. The molecule has 94 valence electrons. The number of hydrogen-bond donors (Lipinski definition) is 1. The SMILES string of the molecule is Nc1cc(C2CCCCC2)nn1-c1ccccc1. The Kier molecular flexibility index (Phi) is 3.05. The van der Waals surface area contributed by atoms with Crippen LogP contribution in [0.4, 0.5) is 5.82 Å². The molecule has 2 aromatic rings. The van der Waals surface area contributed by atoms with Crippen molar-refractivity contribution in [3.8, 4) is 5.69 Å². The number of hydrogen-bond acceptors (Lipinski definition) is 2. The zero-order valence-corrected chi connectivity index (χ0v) is 10.5. The largest absolute Gasteiger partial charge is 0.384 e. The predicted molar refractivity (Wildman–Crippen MR) is 73.8 cm³/mol. The van der Waals surface area contributed by atoms with Gasteiger partial charge in [-0.15, -0.1) is 0 Å². The summed E-state index contributed by atoms with van der Waals surface area (Å²) in [6.45, 7) is 0. The Balaban J connectivity index is 1.91. The number of anilines is 1. The molecule has 1 heterocycles.